The summed E-state index contributed by atoms with van der Waals surface area (Å²) in [4.78, 5) is 6.35. The fourth-order valence-electron chi connectivity index (χ4n) is 2.49. The Morgan fingerprint density at radius 3 is 2.68 bits per heavy atom. The molecule has 0 bridgehead atoms. The first-order chi connectivity index (χ1) is 10.4. The molecule has 3 heterocycles. The average Bonchev–Trinajstić information content (AvgIpc) is 3.11. The predicted molar refractivity (Wildman–Crippen MR) is 75.3 cm³/mol. The van der Waals surface area contributed by atoms with Crippen molar-refractivity contribution in [3.8, 4) is 10.6 Å². The number of hydrogen-bond acceptors (Lipinski definition) is 5. The number of aromatic nitrogens is 1. The van der Waals surface area contributed by atoms with Crippen LogP contribution in [0.2, 0.25) is 0 Å². The Hall–Kier alpha value is -1.38. The molecule has 0 saturated carbocycles. The highest BCUT2D eigenvalue weighted by atomic mass is 32.1. The molecule has 120 valence electrons. The van der Waals surface area contributed by atoms with Gasteiger partial charge in [-0.25, -0.2) is 4.98 Å². The van der Waals surface area contributed by atoms with Crippen LogP contribution >= 0.6 is 11.3 Å². The number of alkyl halides is 3. The van der Waals surface area contributed by atoms with Crippen molar-refractivity contribution in [1.82, 2.24) is 9.88 Å². The summed E-state index contributed by atoms with van der Waals surface area (Å²) >= 11 is 1.47. The number of piperidine rings is 1. The van der Waals surface area contributed by atoms with Gasteiger partial charge in [-0.3, -0.25) is 4.90 Å². The molecule has 2 aromatic heterocycles. The highest BCUT2D eigenvalue weighted by molar-refractivity contribution is 7.13. The minimum absolute atomic E-state index is 0.203. The van der Waals surface area contributed by atoms with Crippen LogP contribution in [0.5, 0.6) is 0 Å². The number of likely N-dealkylation sites (tertiary alicyclic amines) is 1. The van der Waals surface area contributed by atoms with Crippen molar-refractivity contribution in [2.24, 2.45) is 0 Å². The zero-order chi connectivity index (χ0) is 15.8. The number of furan rings is 1. The summed E-state index contributed by atoms with van der Waals surface area (Å²) in [6, 6.07) is 1.81. The van der Waals surface area contributed by atoms with Crippen LogP contribution in [-0.2, 0) is 6.54 Å². The van der Waals surface area contributed by atoms with Crippen molar-refractivity contribution >= 4 is 11.3 Å². The van der Waals surface area contributed by atoms with Gasteiger partial charge in [-0.1, -0.05) is 0 Å². The second-order valence-corrected chi connectivity index (χ2v) is 6.32. The van der Waals surface area contributed by atoms with Gasteiger partial charge >= 0.3 is 6.18 Å². The van der Waals surface area contributed by atoms with Crippen molar-refractivity contribution in [2.75, 3.05) is 13.1 Å². The zero-order valence-electron chi connectivity index (χ0n) is 11.6. The summed E-state index contributed by atoms with van der Waals surface area (Å²) in [5.41, 5.74) is -0.840. The lowest BCUT2D eigenvalue weighted by atomic mass is 9.91. The maximum absolute atomic E-state index is 12.8. The Balaban J connectivity index is 1.60. The van der Waals surface area contributed by atoms with E-state index in [-0.39, 0.29) is 25.9 Å². The van der Waals surface area contributed by atoms with Crippen molar-refractivity contribution < 1.29 is 22.7 Å². The van der Waals surface area contributed by atoms with Crippen molar-refractivity contribution in [1.29, 1.82) is 0 Å². The third-order valence-electron chi connectivity index (χ3n) is 3.92. The van der Waals surface area contributed by atoms with Gasteiger partial charge < -0.3 is 9.52 Å². The highest BCUT2D eigenvalue weighted by Crippen LogP contribution is 2.38. The molecule has 0 aromatic carbocycles. The second-order valence-electron chi connectivity index (χ2n) is 5.46. The first kappa shape index (κ1) is 15.5. The first-order valence-corrected chi connectivity index (χ1v) is 7.74. The lowest BCUT2D eigenvalue weighted by molar-refractivity contribution is -0.272. The van der Waals surface area contributed by atoms with E-state index in [2.05, 4.69) is 4.98 Å². The Bertz CT molecular complexity index is 616. The number of thiazole rings is 1. The largest absolute Gasteiger partial charge is 0.472 e. The molecule has 1 fully saturated rings. The number of hydrogen-bond donors (Lipinski definition) is 1. The van der Waals surface area contributed by atoms with Crippen LogP contribution < -0.4 is 0 Å². The molecule has 22 heavy (non-hydrogen) atoms. The number of nitrogens with zero attached hydrogens (tertiary/aromatic N) is 2. The van der Waals surface area contributed by atoms with E-state index in [9.17, 15) is 18.3 Å². The fraction of sp³-hybridized carbons (Fsp3) is 0.500. The molecule has 1 aliphatic heterocycles. The third-order valence-corrected chi connectivity index (χ3v) is 4.86. The molecule has 0 atom stereocenters. The van der Waals surface area contributed by atoms with Crippen LogP contribution in [0.15, 0.2) is 28.4 Å². The van der Waals surface area contributed by atoms with E-state index in [1.807, 2.05) is 16.3 Å². The van der Waals surface area contributed by atoms with Crippen LogP contribution in [0.3, 0.4) is 0 Å². The molecule has 8 heteroatoms. The molecule has 1 N–H and O–H groups in total. The van der Waals surface area contributed by atoms with Crippen LogP contribution in [0, 0.1) is 0 Å². The van der Waals surface area contributed by atoms with Gasteiger partial charge in [-0.15, -0.1) is 11.3 Å². The van der Waals surface area contributed by atoms with Crippen molar-refractivity contribution in [3.05, 3.63) is 29.7 Å². The monoisotopic (exact) mass is 332 g/mol. The summed E-state index contributed by atoms with van der Waals surface area (Å²) in [7, 11) is 0. The molecular weight excluding hydrogens is 317 g/mol. The quantitative estimate of drug-likeness (QED) is 0.937. The Kier molecular flexibility index (Phi) is 4.00. The normalized spacial score (nSPS) is 19.5. The lowest BCUT2D eigenvalue weighted by Crippen LogP contribution is -2.53. The number of halogens is 3. The van der Waals surface area contributed by atoms with Gasteiger partial charge in [-0.2, -0.15) is 13.2 Å². The molecule has 0 unspecified atom stereocenters. The van der Waals surface area contributed by atoms with E-state index >= 15 is 0 Å². The Morgan fingerprint density at radius 2 is 2.09 bits per heavy atom. The van der Waals surface area contributed by atoms with E-state index in [0.29, 0.717) is 6.54 Å². The molecule has 0 amide bonds. The summed E-state index contributed by atoms with van der Waals surface area (Å²) in [5.74, 6) is 0. The molecule has 4 nitrogen and oxygen atoms in total. The maximum Gasteiger partial charge on any atom is 0.417 e. The number of aliphatic hydroxyl groups is 1. The molecular formula is C14H15F3N2O2S. The Labute approximate surface area is 129 Å². The second kappa shape index (κ2) is 5.68. The third kappa shape index (κ3) is 3.04. The van der Waals surface area contributed by atoms with E-state index in [4.69, 9.17) is 4.42 Å². The zero-order valence-corrected chi connectivity index (χ0v) is 12.5. The van der Waals surface area contributed by atoms with Crippen molar-refractivity contribution in [2.45, 2.75) is 31.2 Å². The molecule has 1 aliphatic rings. The molecule has 0 aliphatic carbocycles. The summed E-state index contributed by atoms with van der Waals surface area (Å²) in [6.45, 7) is 0.894. The maximum atomic E-state index is 12.8. The molecule has 0 radical (unpaired) electrons. The summed E-state index contributed by atoms with van der Waals surface area (Å²) < 4.78 is 43.3. The van der Waals surface area contributed by atoms with Crippen LogP contribution in [0.1, 0.15) is 18.5 Å². The smallest absolute Gasteiger partial charge is 0.417 e. The van der Waals surface area contributed by atoms with Gasteiger partial charge in [0.25, 0.3) is 0 Å². The minimum Gasteiger partial charge on any atom is -0.472 e. The van der Waals surface area contributed by atoms with Gasteiger partial charge in [0, 0.05) is 30.6 Å². The predicted octanol–water partition coefficient (Wildman–Crippen LogP) is 3.29. The summed E-state index contributed by atoms with van der Waals surface area (Å²) in [6.07, 6.45) is -1.98. The van der Waals surface area contributed by atoms with E-state index in [1.165, 1.54) is 11.3 Å². The standard InChI is InChI=1S/C14H15F3N2O2S/c15-14(16,17)13(20)2-4-19(5-3-13)7-11-9-22-12(18-11)10-1-6-21-8-10/h1,6,8-9,20H,2-5,7H2. The van der Waals surface area contributed by atoms with Crippen LogP contribution in [0.4, 0.5) is 13.2 Å². The molecule has 0 spiro atoms. The fourth-order valence-corrected chi connectivity index (χ4v) is 3.29. The van der Waals surface area contributed by atoms with Crippen LogP contribution in [-0.4, -0.2) is 39.9 Å². The molecule has 1 saturated heterocycles. The van der Waals surface area contributed by atoms with Gasteiger partial charge in [0.1, 0.15) is 11.3 Å². The van der Waals surface area contributed by atoms with Gasteiger partial charge in [0.15, 0.2) is 5.60 Å². The van der Waals surface area contributed by atoms with Gasteiger partial charge in [0.05, 0.1) is 12.0 Å². The SMILES string of the molecule is OC1(C(F)(F)F)CCN(Cc2csc(-c3ccoc3)n2)CC1. The lowest BCUT2D eigenvalue weighted by Gasteiger charge is -2.38. The van der Waals surface area contributed by atoms with Gasteiger partial charge in [0.2, 0.25) is 0 Å². The van der Waals surface area contributed by atoms with E-state index in [0.717, 1.165) is 16.3 Å². The topological polar surface area (TPSA) is 49.5 Å². The minimum atomic E-state index is -4.56. The average molecular weight is 332 g/mol. The number of rotatable bonds is 3. The van der Waals surface area contributed by atoms with Crippen molar-refractivity contribution in [3.63, 3.8) is 0 Å². The Morgan fingerprint density at radius 1 is 1.36 bits per heavy atom. The van der Waals surface area contributed by atoms with Gasteiger partial charge in [-0.05, 0) is 18.9 Å². The molecule has 3 rings (SSSR count). The van der Waals surface area contributed by atoms with E-state index in [1.54, 1.807) is 12.5 Å². The molecule has 2 aromatic rings. The van der Waals surface area contributed by atoms with E-state index < -0.39 is 11.8 Å². The summed E-state index contributed by atoms with van der Waals surface area (Å²) in [5, 5.41) is 12.4. The highest BCUT2D eigenvalue weighted by Gasteiger charge is 2.54. The van der Waals surface area contributed by atoms with Crippen LogP contribution in [0.25, 0.3) is 10.6 Å². The first-order valence-electron chi connectivity index (χ1n) is 6.86.